The zero-order chi connectivity index (χ0) is 32.2. The van der Waals surface area contributed by atoms with Crippen LogP contribution < -0.4 is 10.6 Å². The quantitative estimate of drug-likeness (QED) is 0.0865. The number of esters is 1. The number of pyridine rings is 1. The van der Waals surface area contributed by atoms with Gasteiger partial charge < -0.3 is 19.8 Å². The summed E-state index contributed by atoms with van der Waals surface area (Å²) in [5, 5.41) is 0. The van der Waals surface area contributed by atoms with E-state index in [-0.39, 0.29) is 24.7 Å². The zero-order valence-corrected chi connectivity index (χ0v) is 26.1. The highest BCUT2D eigenvalue weighted by molar-refractivity contribution is 6.07. The summed E-state index contributed by atoms with van der Waals surface area (Å²) in [5.74, 6) is 0.745. The van der Waals surface area contributed by atoms with Crippen LogP contribution in [0.4, 0.5) is 10.6 Å². The second-order valence-electron chi connectivity index (χ2n) is 10.6. The summed E-state index contributed by atoms with van der Waals surface area (Å²) >= 11 is 0. The van der Waals surface area contributed by atoms with E-state index in [0.717, 1.165) is 49.0 Å². The number of rotatable bonds is 14. The van der Waals surface area contributed by atoms with Crippen molar-refractivity contribution < 1.29 is 23.9 Å². The summed E-state index contributed by atoms with van der Waals surface area (Å²) in [7, 11) is 3.27. The first-order valence-electron chi connectivity index (χ1n) is 15.2. The molecule has 0 saturated carbocycles. The monoisotopic (exact) mass is 612 g/mol. The van der Waals surface area contributed by atoms with E-state index in [4.69, 9.17) is 20.2 Å². The lowest BCUT2D eigenvalue weighted by Crippen LogP contribution is -2.33. The van der Waals surface area contributed by atoms with Crippen LogP contribution in [0, 0.1) is 0 Å². The Labute approximate surface area is 263 Å². The second kappa shape index (κ2) is 16.1. The number of benzene rings is 2. The zero-order valence-electron chi connectivity index (χ0n) is 26.1. The molecule has 0 aliphatic carbocycles. The third kappa shape index (κ3) is 8.98. The smallest absolute Gasteiger partial charge is 0.435 e. The number of carbonyl (C=O) groups excluding carboxylic acids is 3. The van der Waals surface area contributed by atoms with Crippen LogP contribution >= 0.6 is 0 Å². The lowest BCUT2D eigenvalue weighted by molar-refractivity contribution is -0.140. The van der Waals surface area contributed by atoms with Gasteiger partial charge in [-0.1, -0.05) is 56.5 Å². The molecule has 2 heterocycles. The average molecular weight is 613 g/mol. The Morgan fingerprint density at radius 3 is 2.47 bits per heavy atom. The number of amidine groups is 1. The first-order chi connectivity index (χ1) is 21.8. The van der Waals surface area contributed by atoms with E-state index < -0.39 is 12.1 Å². The maximum atomic E-state index is 13.6. The minimum Gasteiger partial charge on any atom is -0.469 e. The summed E-state index contributed by atoms with van der Waals surface area (Å²) < 4.78 is 11.9. The molecule has 0 radical (unpaired) electrons. The Bertz CT molecular complexity index is 1630. The molecule has 11 heteroatoms. The maximum absolute atomic E-state index is 13.6. The predicted molar refractivity (Wildman–Crippen MR) is 173 cm³/mol. The van der Waals surface area contributed by atoms with Gasteiger partial charge in [-0.25, -0.2) is 14.8 Å². The number of aromatic nitrogens is 3. The van der Waals surface area contributed by atoms with E-state index >= 15 is 0 Å². The highest BCUT2D eigenvalue weighted by Gasteiger charge is 2.21. The molecule has 0 spiro atoms. The molecule has 2 amide bonds. The van der Waals surface area contributed by atoms with Crippen LogP contribution in [0.1, 0.15) is 66.3 Å². The van der Waals surface area contributed by atoms with Gasteiger partial charge in [0.2, 0.25) is 0 Å². The molecule has 2 aromatic carbocycles. The van der Waals surface area contributed by atoms with Gasteiger partial charge in [0.15, 0.2) is 0 Å². The van der Waals surface area contributed by atoms with Gasteiger partial charge in [-0.2, -0.15) is 4.99 Å². The fourth-order valence-corrected chi connectivity index (χ4v) is 4.88. The molecule has 4 rings (SSSR count). The molecule has 236 valence electrons. The van der Waals surface area contributed by atoms with Crippen molar-refractivity contribution >= 4 is 40.7 Å². The molecule has 0 bridgehead atoms. The number of hydrogen-bond acceptors (Lipinski definition) is 7. The third-order valence-electron chi connectivity index (χ3n) is 7.48. The summed E-state index contributed by atoms with van der Waals surface area (Å²) in [4.78, 5) is 51.8. The summed E-state index contributed by atoms with van der Waals surface area (Å²) in [5.41, 5.74) is 9.79. The number of unbranched alkanes of at least 4 members (excludes halogenated alkanes) is 3. The van der Waals surface area contributed by atoms with Crippen molar-refractivity contribution in [2.75, 3.05) is 25.2 Å². The normalized spacial score (nSPS) is 11.4. The number of imidazole rings is 1. The number of methoxy groups -OCH3 is 1. The Morgan fingerprint density at radius 2 is 1.76 bits per heavy atom. The maximum Gasteiger partial charge on any atom is 0.435 e. The molecular formula is C34H40N6O5. The van der Waals surface area contributed by atoms with Crippen LogP contribution in [0.3, 0.4) is 0 Å². The van der Waals surface area contributed by atoms with Gasteiger partial charge in [0, 0.05) is 37.3 Å². The predicted octanol–water partition coefficient (Wildman–Crippen LogP) is 5.39. The van der Waals surface area contributed by atoms with Crippen molar-refractivity contribution in [1.82, 2.24) is 14.5 Å². The molecule has 0 aliphatic heterocycles. The summed E-state index contributed by atoms with van der Waals surface area (Å²) in [6.45, 7) is 2.60. The van der Waals surface area contributed by atoms with Crippen LogP contribution in [0.5, 0.6) is 0 Å². The number of ether oxygens (including phenoxy) is 2. The molecule has 4 aromatic rings. The molecule has 2 N–H and O–H groups in total. The van der Waals surface area contributed by atoms with E-state index in [0.29, 0.717) is 35.5 Å². The molecule has 0 saturated heterocycles. The topological polar surface area (TPSA) is 142 Å². The molecule has 0 unspecified atom stereocenters. The number of nitrogens with zero attached hydrogens (tertiary/aromatic N) is 5. The Morgan fingerprint density at radius 1 is 0.978 bits per heavy atom. The lowest BCUT2D eigenvalue weighted by Gasteiger charge is -2.21. The SMILES string of the molecule is CCCCCCOC(=O)/N=C(/N)c1ccc(CCc2nc3cc(C(=O)N(CCC(=O)OC)c4ccccn4)ccc3n2C)cc1. The van der Waals surface area contributed by atoms with Gasteiger partial charge in [-0.15, -0.1) is 0 Å². The van der Waals surface area contributed by atoms with E-state index in [1.807, 2.05) is 41.9 Å². The van der Waals surface area contributed by atoms with E-state index in [2.05, 4.69) is 16.9 Å². The first kappa shape index (κ1) is 32.8. The van der Waals surface area contributed by atoms with Crippen molar-refractivity contribution in [1.29, 1.82) is 0 Å². The molecule has 0 atom stereocenters. The minimum atomic E-state index is -0.676. The molecule has 0 aliphatic rings. The van der Waals surface area contributed by atoms with Gasteiger partial charge >= 0.3 is 12.1 Å². The van der Waals surface area contributed by atoms with Crippen molar-refractivity contribution in [3.05, 3.63) is 89.4 Å². The standard InChI is InChI=1S/C34H40N6O5/c1-4-5-6-9-22-45-34(43)38-32(35)25-14-11-24(12-15-25)13-18-30-37-27-23-26(16-17-28(27)39(30)2)33(42)40(21-19-31(41)44-3)29-10-7-8-20-36-29/h7-8,10-12,14-17,20,23H,4-6,9,13,18-19,21-22H2,1-3H3,(H2,35,38,43). The second-order valence-corrected chi connectivity index (χ2v) is 10.6. The van der Waals surface area contributed by atoms with Gasteiger partial charge in [0.1, 0.15) is 17.5 Å². The van der Waals surface area contributed by atoms with Gasteiger partial charge in [0.25, 0.3) is 5.91 Å². The summed E-state index contributed by atoms with van der Waals surface area (Å²) in [6, 6.07) is 18.3. The molecule has 2 aromatic heterocycles. The highest BCUT2D eigenvalue weighted by Crippen LogP contribution is 2.21. The number of anilines is 1. The number of amides is 2. The first-order valence-corrected chi connectivity index (χ1v) is 15.2. The molecule has 11 nitrogen and oxygen atoms in total. The summed E-state index contributed by atoms with van der Waals surface area (Å²) in [6.07, 6.45) is 6.42. The Hall–Kier alpha value is -5.06. The van der Waals surface area contributed by atoms with Crippen molar-refractivity contribution in [3.63, 3.8) is 0 Å². The van der Waals surface area contributed by atoms with Gasteiger partial charge in [-0.3, -0.25) is 14.5 Å². The molecule has 45 heavy (non-hydrogen) atoms. The number of carbonyl (C=O) groups is 3. The van der Waals surface area contributed by atoms with Crippen LogP contribution in [0.15, 0.2) is 71.9 Å². The van der Waals surface area contributed by atoms with Crippen molar-refractivity contribution in [3.8, 4) is 0 Å². The van der Waals surface area contributed by atoms with E-state index in [1.165, 1.54) is 12.0 Å². The molecular weight excluding hydrogens is 572 g/mol. The highest BCUT2D eigenvalue weighted by atomic mass is 16.5. The Kier molecular flexibility index (Phi) is 11.8. The van der Waals surface area contributed by atoms with Gasteiger partial charge in [0.05, 0.1) is 31.2 Å². The van der Waals surface area contributed by atoms with Crippen molar-refractivity contribution in [2.24, 2.45) is 17.8 Å². The number of aryl methyl sites for hydroxylation is 3. The van der Waals surface area contributed by atoms with Crippen LogP contribution in [-0.4, -0.2) is 58.6 Å². The van der Waals surface area contributed by atoms with Gasteiger partial charge in [-0.05, 0) is 48.7 Å². The van der Waals surface area contributed by atoms with Crippen LogP contribution in [-0.2, 0) is 34.2 Å². The average Bonchev–Trinajstić information content (AvgIpc) is 3.38. The fourth-order valence-electron chi connectivity index (χ4n) is 4.88. The number of aliphatic imine (C=N–C) groups is 1. The largest absolute Gasteiger partial charge is 0.469 e. The minimum absolute atomic E-state index is 0.0426. The Balaban J connectivity index is 1.41. The van der Waals surface area contributed by atoms with E-state index in [1.54, 1.807) is 36.5 Å². The third-order valence-corrected chi connectivity index (χ3v) is 7.48. The number of hydrogen-bond donors (Lipinski definition) is 1. The number of nitrogens with two attached hydrogens (primary N) is 1. The van der Waals surface area contributed by atoms with E-state index in [9.17, 15) is 14.4 Å². The fraction of sp³-hybridized carbons (Fsp3) is 0.353. The van der Waals surface area contributed by atoms with Crippen LogP contribution in [0.25, 0.3) is 11.0 Å². The molecule has 0 fully saturated rings. The van der Waals surface area contributed by atoms with Crippen molar-refractivity contribution in [2.45, 2.75) is 51.9 Å². The lowest BCUT2D eigenvalue weighted by atomic mass is 10.1. The van der Waals surface area contributed by atoms with Crippen LogP contribution in [0.2, 0.25) is 0 Å². The number of fused-ring (bicyclic) bond motifs is 1.